The van der Waals surface area contributed by atoms with Gasteiger partial charge >= 0.3 is 0 Å². The van der Waals surface area contributed by atoms with Crippen LogP contribution in [0.1, 0.15) is 0 Å². The number of nitrogens with zero attached hydrogens (tertiary/aromatic N) is 3. The van der Waals surface area contributed by atoms with Crippen LogP contribution in [0.2, 0.25) is 0 Å². The second kappa shape index (κ2) is 2.02. The van der Waals surface area contributed by atoms with Crippen LogP contribution in [0.25, 0.3) is 10.9 Å². The number of hydrogen-bond acceptors (Lipinski definition) is 3. The van der Waals surface area contributed by atoms with E-state index in [9.17, 15) is 0 Å². The van der Waals surface area contributed by atoms with Crippen molar-refractivity contribution in [1.29, 1.82) is 0 Å². The molecule has 2 rings (SSSR count). The van der Waals surface area contributed by atoms with E-state index in [-0.39, 0.29) is 0 Å². The van der Waals surface area contributed by atoms with Crippen molar-refractivity contribution >= 4 is 10.9 Å². The van der Waals surface area contributed by atoms with Crippen molar-refractivity contribution in [2.45, 2.75) is 0 Å². The lowest BCUT2D eigenvalue weighted by atomic mass is 10.3. The average Bonchev–Trinajstić information content (AvgIpc) is 2.05. The predicted molar refractivity (Wildman–Crippen MR) is 36.2 cm³/mol. The number of aromatic nitrogens is 3. The molecule has 1 radical (unpaired) electrons. The Balaban J connectivity index is 2.89. The first kappa shape index (κ1) is 5.29. The maximum Gasteiger partial charge on any atom is 0.104 e. The molecule has 0 atom stereocenters. The molecular weight excluding hydrogens is 126 g/mol. The van der Waals surface area contributed by atoms with E-state index in [1.54, 1.807) is 18.6 Å². The molecule has 2 aromatic rings. The van der Waals surface area contributed by atoms with Crippen LogP contribution in [0.15, 0.2) is 24.7 Å². The third-order valence-electron chi connectivity index (χ3n) is 1.24. The van der Waals surface area contributed by atoms with Gasteiger partial charge in [-0.05, 0) is 6.07 Å². The first-order chi connectivity index (χ1) is 4.97. The molecule has 0 N–H and O–H groups in total. The highest BCUT2D eigenvalue weighted by Crippen LogP contribution is 2.03. The van der Waals surface area contributed by atoms with Gasteiger partial charge in [0.1, 0.15) is 5.52 Å². The van der Waals surface area contributed by atoms with Crippen molar-refractivity contribution in [3.63, 3.8) is 0 Å². The van der Waals surface area contributed by atoms with Gasteiger partial charge in [-0.25, -0.2) is 0 Å². The van der Waals surface area contributed by atoms with E-state index >= 15 is 0 Å². The van der Waals surface area contributed by atoms with E-state index in [2.05, 4.69) is 21.2 Å². The van der Waals surface area contributed by atoms with E-state index in [4.69, 9.17) is 0 Å². The van der Waals surface area contributed by atoms with Gasteiger partial charge in [-0.3, -0.25) is 4.98 Å². The van der Waals surface area contributed by atoms with Gasteiger partial charge in [0.25, 0.3) is 0 Å². The molecule has 2 heterocycles. The van der Waals surface area contributed by atoms with E-state index in [0.717, 1.165) is 10.9 Å². The van der Waals surface area contributed by atoms with E-state index < -0.39 is 0 Å². The molecule has 0 aliphatic heterocycles. The van der Waals surface area contributed by atoms with Gasteiger partial charge in [0, 0.05) is 23.8 Å². The fourth-order valence-electron chi connectivity index (χ4n) is 0.774. The largest absolute Gasteiger partial charge is 0.263 e. The van der Waals surface area contributed by atoms with Crippen LogP contribution >= 0.6 is 0 Å². The van der Waals surface area contributed by atoms with Crippen molar-refractivity contribution < 1.29 is 0 Å². The fraction of sp³-hybridized carbons (Fsp3) is 0. The number of rotatable bonds is 0. The normalized spacial score (nSPS) is 10.0. The lowest BCUT2D eigenvalue weighted by Gasteiger charge is -1.89. The molecule has 3 heteroatoms. The van der Waals surface area contributed by atoms with Crippen molar-refractivity contribution in [2.24, 2.45) is 0 Å². The minimum atomic E-state index is 0.762. The van der Waals surface area contributed by atoms with Crippen LogP contribution in [0.4, 0.5) is 0 Å². The minimum absolute atomic E-state index is 0.762. The Morgan fingerprint density at radius 1 is 1.40 bits per heavy atom. The summed E-state index contributed by atoms with van der Waals surface area (Å²) in [6.45, 7) is 0. The molecule has 3 nitrogen and oxygen atoms in total. The topological polar surface area (TPSA) is 38.7 Å². The molecule has 10 heavy (non-hydrogen) atoms. The summed E-state index contributed by atoms with van der Waals surface area (Å²) in [5, 5.41) is 8.51. The summed E-state index contributed by atoms with van der Waals surface area (Å²) in [6.07, 6.45) is 4.95. The molecular formula is C7H4N3. The quantitative estimate of drug-likeness (QED) is 0.530. The third kappa shape index (κ3) is 0.719. The molecule has 0 fully saturated rings. The maximum absolute atomic E-state index is 3.89. The second-order valence-corrected chi connectivity index (χ2v) is 1.89. The van der Waals surface area contributed by atoms with Crippen molar-refractivity contribution in [1.82, 2.24) is 15.2 Å². The summed E-state index contributed by atoms with van der Waals surface area (Å²) in [6, 6.07) is 4.72. The molecule has 0 saturated heterocycles. The minimum Gasteiger partial charge on any atom is -0.263 e. The molecule has 2 aromatic heterocycles. The first-order valence-electron chi connectivity index (χ1n) is 2.90. The van der Waals surface area contributed by atoms with E-state index in [1.807, 2.05) is 6.07 Å². The summed E-state index contributed by atoms with van der Waals surface area (Å²) >= 11 is 0. The van der Waals surface area contributed by atoms with Gasteiger partial charge < -0.3 is 0 Å². The Morgan fingerprint density at radius 2 is 2.40 bits per heavy atom. The summed E-state index contributed by atoms with van der Waals surface area (Å²) < 4.78 is 0. The number of fused-ring (bicyclic) bond motifs is 1. The lowest BCUT2D eigenvalue weighted by Crippen LogP contribution is -1.81. The highest BCUT2D eigenvalue weighted by Gasteiger charge is 1.89. The van der Waals surface area contributed by atoms with Gasteiger partial charge in [0.15, 0.2) is 0 Å². The Kier molecular flexibility index (Phi) is 1.07. The Hall–Kier alpha value is -1.51. The number of pyridine rings is 1. The average molecular weight is 130 g/mol. The van der Waals surface area contributed by atoms with Crippen molar-refractivity contribution in [2.75, 3.05) is 0 Å². The summed E-state index contributed by atoms with van der Waals surface area (Å²) in [5.74, 6) is 0. The Bertz CT molecular complexity index is 280. The molecule has 0 unspecified atom stereocenters. The first-order valence-corrected chi connectivity index (χ1v) is 2.90. The molecule has 0 saturated carbocycles. The molecule has 0 aliphatic rings. The van der Waals surface area contributed by atoms with E-state index in [0.29, 0.717) is 0 Å². The number of hydrogen-bond donors (Lipinski definition) is 0. The Morgan fingerprint density at radius 3 is 3.30 bits per heavy atom. The molecule has 0 amide bonds. The molecule has 0 spiro atoms. The van der Waals surface area contributed by atoms with Crippen molar-refractivity contribution in [3.8, 4) is 0 Å². The lowest BCUT2D eigenvalue weighted by molar-refractivity contribution is 1.07. The zero-order valence-corrected chi connectivity index (χ0v) is 5.15. The third-order valence-corrected chi connectivity index (χ3v) is 1.24. The molecule has 0 bridgehead atoms. The van der Waals surface area contributed by atoms with Gasteiger partial charge in [-0.1, -0.05) is 0 Å². The van der Waals surface area contributed by atoms with E-state index in [1.165, 1.54) is 0 Å². The molecule has 0 aliphatic carbocycles. The second-order valence-electron chi connectivity index (χ2n) is 1.89. The van der Waals surface area contributed by atoms with Gasteiger partial charge in [-0.15, -0.1) is 5.10 Å². The predicted octanol–water partition coefficient (Wildman–Crippen LogP) is 0.825. The monoisotopic (exact) mass is 130 g/mol. The highest BCUT2D eigenvalue weighted by molar-refractivity contribution is 5.75. The Labute approximate surface area is 57.7 Å². The van der Waals surface area contributed by atoms with Crippen molar-refractivity contribution in [3.05, 3.63) is 30.7 Å². The smallest absolute Gasteiger partial charge is 0.104 e. The molecule has 47 valence electrons. The fourth-order valence-corrected chi connectivity index (χ4v) is 0.774. The zero-order chi connectivity index (χ0) is 6.81. The van der Waals surface area contributed by atoms with Crippen LogP contribution in [0.3, 0.4) is 0 Å². The van der Waals surface area contributed by atoms with Gasteiger partial charge in [0.05, 0.1) is 6.20 Å². The maximum atomic E-state index is 3.89. The van der Waals surface area contributed by atoms with Gasteiger partial charge in [-0.2, -0.15) is 5.10 Å². The molecule has 0 aromatic carbocycles. The van der Waals surface area contributed by atoms with Crippen LogP contribution in [0, 0.1) is 6.07 Å². The van der Waals surface area contributed by atoms with Crippen LogP contribution in [-0.2, 0) is 0 Å². The summed E-state index contributed by atoms with van der Waals surface area (Å²) in [4.78, 5) is 3.89. The standard InChI is InChI=1S/C7H4N3/c1-4-9-10-7-2-3-8-5-6(1)7/h1,3-5H. The van der Waals surface area contributed by atoms with Crippen LogP contribution in [0.5, 0.6) is 0 Å². The summed E-state index contributed by atoms with van der Waals surface area (Å²) in [5.41, 5.74) is 0.762. The zero-order valence-electron chi connectivity index (χ0n) is 5.15. The van der Waals surface area contributed by atoms with Crippen LogP contribution < -0.4 is 0 Å². The SMILES string of the molecule is [c]1cncc2ccnnc12. The van der Waals surface area contributed by atoms with Gasteiger partial charge in [0.2, 0.25) is 0 Å². The summed E-state index contributed by atoms with van der Waals surface area (Å²) in [7, 11) is 0. The highest BCUT2D eigenvalue weighted by atomic mass is 15.1. The van der Waals surface area contributed by atoms with Crippen LogP contribution in [-0.4, -0.2) is 15.2 Å².